The molecule has 4 rings (SSSR count). The van der Waals surface area contributed by atoms with E-state index >= 15 is 0 Å². The van der Waals surface area contributed by atoms with E-state index < -0.39 is 17.6 Å². The molecule has 0 spiro atoms. The molecule has 3 aromatic rings. The normalized spacial score (nSPS) is 15.2. The maximum atomic E-state index is 14.6. The fraction of sp³-hybridized carbons (Fsp3) is 0.0417. The number of halogens is 2. The summed E-state index contributed by atoms with van der Waals surface area (Å²) in [5.41, 5.74) is 0.438. The summed E-state index contributed by atoms with van der Waals surface area (Å²) in [4.78, 5) is 26.8. The minimum atomic E-state index is -0.725. The number of carbonyl (C=O) groups excluding carboxylic acids is 2. The van der Waals surface area contributed by atoms with Crippen LogP contribution in [0.5, 0.6) is 11.5 Å². The van der Waals surface area contributed by atoms with Gasteiger partial charge in [0.25, 0.3) is 11.8 Å². The molecule has 0 bridgehead atoms. The number of amides is 2. The molecule has 5 nitrogen and oxygen atoms in total. The van der Waals surface area contributed by atoms with Gasteiger partial charge in [-0.15, -0.1) is 0 Å². The van der Waals surface area contributed by atoms with Crippen LogP contribution in [0.4, 0.5) is 10.1 Å². The number of anilines is 1. The fourth-order valence-electron chi connectivity index (χ4n) is 3.13. The molecule has 1 fully saturated rings. The number of nitrogens with one attached hydrogen (secondary N) is 1. The van der Waals surface area contributed by atoms with Crippen molar-refractivity contribution in [3.8, 4) is 11.5 Å². The summed E-state index contributed by atoms with van der Waals surface area (Å²) < 4.78 is 20.3. The van der Waals surface area contributed by atoms with Gasteiger partial charge < -0.3 is 4.74 Å². The van der Waals surface area contributed by atoms with E-state index in [1.165, 1.54) is 12.1 Å². The molecule has 0 aromatic heterocycles. The van der Waals surface area contributed by atoms with Crippen LogP contribution < -0.4 is 15.0 Å². The molecule has 160 valence electrons. The second kappa shape index (κ2) is 8.90. The van der Waals surface area contributed by atoms with E-state index in [0.29, 0.717) is 22.7 Å². The van der Waals surface area contributed by atoms with E-state index in [-0.39, 0.29) is 21.3 Å². The summed E-state index contributed by atoms with van der Waals surface area (Å²) in [5, 5.41) is 2.48. The molecule has 1 aliphatic heterocycles. The number of nitrogens with zero attached hydrogens (tertiary/aromatic N) is 1. The maximum absolute atomic E-state index is 14.6. The Morgan fingerprint density at radius 3 is 2.34 bits per heavy atom. The van der Waals surface area contributed by atoms with E-state index in [1.54, 1.807) is 31.2 Å². The number of para-hydroxylation sites is 1. The van der Waals surface area contributed by atoms with Crippen LogP contribution in [0.25, 0.3) is 6.08 Å². The molecule has 32 heavy (non-hydrogen) atoms. The highest BCUT2D eigenvalue weighted by Gasteiger charge is 2.35. The minimum absolute atomic E-state index is 0.0375. The molecular weight excluding hydrogens is 451 g/mol. The first-order valence-corrected chi connectivity index (χ1v) is 10.3. The molecule has 1 heterocycles. The first-order valence-electron chi connectivity index (χ1n) is 9.54. The summed E-state index contributed by atoms with van der Waals surface area (Å²) in [7, 11) is 0. The van der Waals surface area contributed by atoms with Gasteiger partial charge in [0.05, 0.1) is 10.7 Å². The highest BCUT2D eigenvalue weighted by Crippen LogP contribution is 2.29. The predicted octanol–water partition coefficient (Wildman–Crippen LogP) is 5.41. The largest absolute Gasteiger partial charge is 0.457 e. The number of aryl methyl sites for hydroxylation is 1. The van der Waals surface area contributed by atoms with Crippen molar-refractivity contribution in [3.05, 3.63) is 94.3 Å². The Labute approximate surface area is 194 Å². The lowest BCUT2D eigenvalue weighted by Gasteiger charge is -2.29. The third kappa shape index (κ3) is 4.26. The van der Waals surface area contributed by atoms with Crippen molar-refractivity contribution in [3.63, 3.8) is 0 Å². The number of thiocarbonyl (C=S) groups is 1. The molecule has 3 aromatic carbocycles. The second-order valence-electron chi connectivity index (χ2n) is 6.96. The van der Waals surface area contributed by atoms with E-state index in [9.17, 15) is 14.0 Å². The van der Waals surface area contributed by atoms with E-state index in [1.807, 2.05) is 30.3 Å². The van der Waals surface area contributed by atoms with Crippen molar-refractivity contribution in [2.24, 2.45) is 0 Å². The van der Waals surface area contributed by atoms with Gasteiger partial charge in [0.1, 0.15) is 22.9 Å². The zero-order valence-corrected chi connectivity index (χ0v) is 18.3. The molecule has 0 atom stereocenters. The monoisotopic (exact) mass is 466 g/mol. The number of hydrogen-bond donors (Lipinski definition) is 1. The molecule has 0 aliphatic carbocycles. The Kier molecular flexibility index (Phi) is 6.03. The molecular formula is C24H16ClFN2O3S. The molecule has 2 amide bonds. The van der Waals surface area contributed by atoms with Gasteiger partial charge in [-0.1, -0.05) is 35.9 Å². The van der Waals surface area contributed by atoms with Crippen molar-refractivity contribution in [1.29, 1.82) is 0 Å². The Balaban J connectivity index is 1.65. The lowest BCUT2D eigenvalue weighted by Crippen LogP contribution is -2.54. The zero-order valence-electron chi connectivity index (χ0n) is 16.8. The summed E-state index contributed by atoms with van der Waals surface area (Å²) in [6.07, 6.45) is 1.14. The predicted molar refractivity (Wildman–Crippen MR) is 125 cm³/mol. The van der Waals surface area contributed by atoms with E-state index in [2.05, 4.69) is 5.32 Å². The van der Waals surface area contributed by atoms with Crippen LogP contribution in [0, 0.1) is 12.7 Å². The fourth-order valence-corrected chi connectivity index (χ4v) is 3.62. The van der Waals surface area contributed by atoms with Crippen LogP contribution >= 0.6 is 23.8 Å². The van der Waals surface area contributed by atoms with Gasteiger partial charge in [-0.3, -0.25) is 19.8 Å². The molecule has 1 aliphatic rings. The number of carbonyl (C=O) groups is 2. The summed E-state index contributed by atoms with van der Waals surface area (Å²) in [6.45, 7) is 1.57. The van der Waals surface area contributed by atoms with Gasteiger partial charge >= 0.3 is 0 Å². The van der Waals surface area contributed by atoms with Gasteiger partial charge in [0.15, 0.2) is 5.11 Å². The average molecular weight is 467 g/mol. The maximum Gasteiger partial charge on any atom is 0.270 e. The van der Waals surface area contributed by atoms with Crippen LogP contribution in [-0.2, 0) is 9.59 Å². The van der Waals surface area contributed by atoms with E-state index in [0.717, 1.165) is 11.0 Å². The lowest BCUT2D eigenvalue weighted by molar-refractivity contribution is -0.122. The van der Waals surface area contributed by atoms with Crippen molar-refractivity contribution in [2.45, 2.75) is 6.92 Å². The standard InChI is InChI=1S/C24H16ClFN2O3S/c1-14-7-12-20(25)18(21(14)26)13-19-22(29)27-24(32)28(23(19)30)15-8-10-17(11-9-15)31-16-5-3-2-4-6-16/h2-13H,1H3,(H,27,29,32). The number of hydrogen-bond acceptors (Lipinski definition) is 4. The van der Waals surface area contributed by atoms with Crippen LogP contribution in [0.1, 0.15) is 11.1 Å². The van der Waals surface area contributed by atoms with Crippen LogP contribution in [0.2, 0.25) is 5.02 Å². The van der Waals surface area contributed by atoms with Crippen LogP contribution in [0.3, 0.4) is 0 Å². The quantitative estimate of drug-likeness (QED) is 0.317. The number of ether oxygens (including phenoxy) is 1. The Morgan fingerprint density at radius 1 is 1.00 bits per heavy atom. The van der Waals surface area contributed by atoms with Crippen LogP contribution in [0.15, 0.2) is 72.3 Å². The van der Waals surface area contributed by atoms with Crippen molar-refractivity contribution in [1.82, 2.24) is 5.32 Å². The van der Waals surface area contributed by atoms with Gasteiger partial charge in [-0.05, 0) is 73.2 Å². The van der Waals surface area contributed by atoms with Crippen molar-refractivity contribution in [2.75, 3.05) is 4.90 Å². The Bertz CT molecular complexity index is 1260. The molecule has 8 heteroatoms. The lowest BCUT2D eigenvalue weighted by atomic mass is 10.0. The first-order chi connectivity index (χ1) is 15.3. The smallest absolute Gasteiger partial charge is 0.270 e. The molecule has 1 saturated heterocycles. The summed E-state index contributed by atoms with van der Waals surface area (Å²) in [6, 6.07) is 18.9. The summed E-state index contributed by atoms with van der Waals surface area (Å²) in [5.74, 6) is -0.791. The minimum Gasteiger partial charge on any atom is -0.457 e. The van der Waals surface area contributed by atoms with Gasteiger partial charge in [0.2, 0.25) is 0 Å². The average Bonchev–Trinajstić information content (AvgIpc) is 2.77. The SMILES string of the molecule is Cc1ccc(Cl)c(C=C2C(=O)NC(=S)N(c3ccc(Oc4ccccc4)cc3)C2=O)c1F. The molecule has 1 N–H and O–H groups in total. The first kappa shape index (κ1) is 21.7. The Hall–Kier alpha value is -3.55. The molecule has 0 unspecified atom stereocenters. The van der Waals surface area contributed by atoms with Crippen molar-refractivity contribution >= 4 is 52.5 Å². The van der Waals surface area contributed by atoms with Crippen molar-refractivity contribution < 1.29 is 18.7 Å². The third-order valence-corrected chi connectivity index (χ3v) is 5.40. The highest BCUT2D eigenvalue weighted by molar-refractivity contribution is 7.80. The summed E-state index contributed by atoms with van der Waals surface area (Å²) >= 11 is 11.3. The van der Waals surface area contributed by atoms with Gasteiger partial charge in [-0.2, -0.15) is 0 Å². The third-order valence-electron chi connectivity index (χ3n) is 4.78. The van der Waals surface area contributed by atoms with Gasteiger partial charge in [0, 0.05) is 5.56 Å². The number of rotatable bonds is 4. The second-order valence-corrected chi connectivity index (χ2v) is 7.75. The topological polar surface area (TPSA) is 58.6 Å². The Morgan fingerprint density at radius 2 is 1.66 bits per heavy atom. The zero-order chi connectivity index (χ0) is 22.8. The number of benzene rings is 3. The highest BCUT2D eigenvalue weighted by atomic mass is 35.5. The molecule has 0 radical (unpaired) electrons. The van der Waals surface area contributed by atoms with Crippen LogP contribution in [-0.4, -0.2) is 16.9 Å². The van der Waals surface area contributed by atoms with E-state index in [4.69, 9.17) is 28.6 Å². The molecule has 0 saturated carbocycles. The van der Waals surface area contributed by atoms with Gasteiger partial charge in [-0.25, -0.2) is 4.39 Å².